The first-order chi connectivity index (χ1) is 16.8. The summed E-state index contributed by atoms with van der Waals surface area (Å²) in [7, 11) is 2.89. The maximum atomic E-state index is 13.2. The number of benzene rings is 2. The van der Waals surface area contributed by atoms with Crippen molar-refractivity contribution in [3.8, 4) is 11.5 Å². The van der Waals surface area contributed by atoms with Gasteiger partial charge in [0.25, 0.3) is 17.4 Å². The first kappa shape index (κ1) is 23.4. The first-order valence-electron chi connectivity index (χ1n) is 10.5. The number of carbonyl (C=O) groups is 2. The minimum atomic E-state index is -1.07. The fourth-order valence-electron chi connectivity index (χ4n) is 4.03. The van der Waals surface area contributed by atoms with Crippen molar-refractivity contribution in [3.05, 3.63) is 99.4 Å². The van der Waals surface area contributed by atoms with Crippen molar-refractivity contribution < 1.29 is 29.1 Å². The second-order valence-corrected chi connectivity index (χ2v) is 7.71. The topological polar surface area (TPSA) is 132 Å². The number of rotatable bonds is 7. The number of ketones is 1. The lowest BCUT2D eigenvalue weighted by Gasteiger charge is -2.25. The van der Waals surface area contributed by atoms with Gasteiger partial charge < -0.3 is 19.5 Å². The molecule has 10 heteroatoms. The van der Waals surface area contributed by atoms with Crippen molar-refractivity contribution in [3.63, 3.8) is 0 Å². The molecule has 10 nitrogen and oxygen atoms in total. The van der Waals surface area contributed by atoms with Gasteiger partial charge in [-0.05, 0) is 35.4 Å². The number of carbonyl (C=O) groups excluding carboxylic acids is 2. The third-order valence-electron chi connectivity index (χ3n) is 5.67. The summed E-state index contributed by atoms with van der Waals surface area (Å²) in [5.74, 6) is -1.45. The van der Waals surface area contributed by atoms with E-state index in [9.17, 15) is 24.8 Å². The molecule has 1 atom stereocenters. The van der Waals surface area contributed by atoms with Crippen molar-refractivity contribution in [1.82, 2.24) is 9.88 Å². The Morgan fingerprint density at radius 3 is 2.51 bits per heavy atom. The van der Waals surface area contributed by atoms with Gasteiger partial charge in [0.1, 0.15) is 5.76 Å². The number of methoxy groups -OCH3 is 2. The van der Waals surface area contributed by atoms with Gasteiger partial charge >= 0.3 is 0 Å². The minimum absolute atomic E-state index is 0.00842. The van der Waals surface area contributed by atoms with Crippen molar-refractivity contribution in [1.29, 1.82) is 0 Å². The number of aromatic nitrogens is 1. The van der Waals surface area contributed by atoms with Gasteiger partial charge in [-0.15, -0.1) is 0 Å². The van der Waals surface area contributed by atoms with Crippen LogP contribution in [-0.2, 0) is 16.1 Å². The van der Waals surface area contributed by atoms with E-state index in [4.69, 9.17) is 9.47 Å². The summed E-state index contributed by atoms with van der Waals surface area (Å²) in [6.07, 6.45) is 3.13. The summed E-state index contributed by atoms with van der Waals surface area (Å²) < 4.78 is 10.5. The van der Waals surface area contributed by atoms with Crippen molar-refractivity contribution in [2.24, 2.45) is 0 Å². The third-order valence-corrected chi connectivity index (χ3v) is 5.67. The van der Waals surface area contributed by atoms with Crippen LogP contribution in [0.1, 0.15) is 22.7 Å². The molecule has 35 heavy (non-hydrogen) atoms. The predicted molar refractivity (Wildman–Crippen MR) is 125 cm³/mol. The van der Waals surface area contributed by atoms with Gasteiger partial charge in [-0.25, -0.2) is 0 Å². The molecule has 0 bridgehead atoms. The Hall–Kier alpha value is -4.73. The van der Waals surface area contributed by atoms with Crippen LogP contribution in [-0.4, -0.2) is 45.8 Å². The number of Topliss-reactive ketones (excluding diaryl/α,β-unsaturated/α-hetero) is 1. The van der Waals surface area contributed by atoms with E-state index in [2.05, 4.69) is 4.98 Å². The van der Waals surface area contributed by atoms with Crippen LogP contribution >= 0.6 is 0 Å². The fourth-order valence-corrected chi connectivity index (χ4v) is 4.03. The summed E-state index contributed by atoms with van der Waals surface area (Å²) in [5, 5.41) is 22.6. The molecule has 2 aromatic carbocycles. The number of pyridine rings is 1. The molecule has 0 saturated carbocycles. The second kappa shape index (κ2) is 9.64. The highest BCUT2D eigenvalue weighted by atomic mass is 16.6. The molecule has 2 heterocycles. The smallest absolute Gasteiger partial charge is 0.295 e. The van der Waals surface area contributed by atoms with Crippen LogP contribution in [0, 0.1) is 10.1 Å². The molecule has 1 saturated heterocycles. The van der Waals surface area contributed by atoms with E-state index >= 15 is 0 Å². The number of hydrogen-bond donors (Lipinski definition) is 1. The maximum absolute atomic E-state index is 13.2. The number of aliphatic hydroxyl groups excluding tert-OH is 1. The normalized spacial score (nSPS) is 16.9. The van der Waals surface area contributed by atoms with Crippen molar-refractivity contribution >= 4 is 23.1 Å². The number of hydrogen-bond acceptors (Lipinski definition) is 8. The number of amides is 1. The van der Waals surface area contributed by atoms with Crippen molar-refractivity contribution in [2.45, 2.75) is 12.6 Å². The SMILES string of the molecule is COc1ccc(/C(O)=C2\C(=O)C(=O)N(Cc3cccnc3)[C@@H]2c2cccc([N+](=O)[O-])c2)cc1OC. The molecule has 3 aromatic rings. The van der Waals surface area contributed by atoms with Crippen LogP contribution in [0.5, 0.6) is 11.5 Å². The molecular formula is C25H21N3O7. The molecule has 1 aromatic heterocycles. The summed E-state index contributed by atoms with van der Waals surface area (Å²) in [4.78, 5) is 42.4. The quantitative estimate of drug-likeness (QED) is 0.180. The van der Waals surface area contributed by atoms with Gasteiger partial charge in [0, 0.05) is 36.6 Å². The molecule has 1 fully saturated rings. The zero-order valence-corrected chi connectivity index (χ0v) is 18.9. The standard InChI is InChI=1S/C25H21N3O7/c1-34-19-9-8-17(12-20(19)35-2)23(29)21-22(16-6-3-7-18(11-16)28(32)33)27(25(31)24(21)30)14-15-5-4-10-26-13-15/h3-13,22,29H,14H2,1-2H3/b23-21+/t22-/m1/s1. The van der Waals surface area contributed by atoms with Crippen LogP contribution in [0.2, 0.25) is 0 Å². The molecule has 1 aliphatic heterocycles. The fraction of sp³-hybridized carbons (Fsp3) is 0.160. The van der Waals surface area contributed by atoms with Gasteiger partial charge in [0.05, 0.1) is 30.8 Å². The molecule has 4 rings (SSSR count). The van der Waals surface area contributed by atoms with E-state index < -0.39 is 28.4 Å². The van der Waals surface area contributed by atoms with Crippen LogP contribution in [0.15, 0.2) is 72.6 Å². The zero-order chi connectivity index (χ0) is 25.1. The number of nitro groups is 1. The first-order valence-corrected chi connectivity index (χ1v) is 10.5. The molecule has 0 spiro atoms. The lowest BCUT2D eigenvalue weighted by Crippen LogP contribution is -2.29. The van der Waals surface area contributed by atoms with Gasteiger partial charge in [-0.1, -0.05) is 18.2 Å². The molecule has 0 unspecified atom stereocenters. The third kappa shape index (κ3) is 4.41. The predicted octanol–water partition coefficient (Wildman–Crippen LogP) is 3.63. The summed E-state index contributed by atoms with van der Waals surface area (Å²) in [6.45, 7) is 0.00842. The second-order valence-electron chi connectivity index (χ2n) is 7.71. The Labute approximate surface area is 200 Å². The molecule has 0 radical (unpaired) electrons. The van der Waals surface area contributed by atoms with Gasteiger partial charge in [0.2, 0.25) is 0 Å². The van der Waals surface area contributed by atoms with Crippen LogP contribution in [0.3, 0.4) is 0 Å². The van der Waals surface area contributed by atoms with Crippen LogP contribution in [0.4, 0.5) is 5.69 Å². The number of ether oxygens (including phenoxy) is 2. The number of likely N-dealkylation sites (tertiary alicyclic amines) is 1. The molecule has 0 aliphatic carbocycles. The van der Waals surface area contributed by atoms with E-state index in [0.29, 0.717) is 22.6 Å². The van der Waals surface area contributed by atoms with E-state index in [1.165, 1.54) is 49.5 Å². The van der Waals surface area contributed by atoms with Crippen LogP contribution in [0.25, 0.3) is 5.76 Å². The molecular weight excluding hydrogens is 454 g/mol. The Morgan fingerprint density at radius 2 is 1.86 bits per heavy atom. The number of aliphatic hydroxyl groups is 1. The average molecular weight is 475 g/mol. The van der Waals surface area contributed by atoms with Crippen LogP contribution < -0.4 is 9.47 Å². The molecule has 1 amide bonds. The van der Waals surface area contributed by atoms with Gasteiger partial charge in [0.15, 0.2) is 11.5 Å². The maximum Gasteiger partial charge on any atom is 0.295 e. The Bertz CT molecular complexity index is 1340. The lowest BCUT2D eigenvalue weighted by atomic mass is 9.94. The number of non-ortho nitro benzene ring substituents is 1. The number of nitro benzene ring substituents is 1. The monoisotopic (exact) mass is 475 g/mol. The highest BCUT2D eigenvalue weighted by Gasteiger charge is 2.46. The largest absolute Gasteiger partial charge is 0.507 e. The number of nitrogens with zero attached hydrogens (tertiary/aromatic N) is 3. The summed E-state index contributed by atoms with van der Waals surface area (Å²) >= 11 is 0. The van der Waals surface area contributed by atoms with E-state index in [1.54, 1.807) is 36.7 Å². The highest BCUT2D eigenvalue weighted by molar-refractivity contribution is 6.46. The van der Waals surface area contributed by atoms with Gasteiger partial charge in [-0.2, -0.15) is 0 Å². The van der Waals surface area contributed by atoms with Gasteiger partial charge in [-0.3, -0.25) is 24.7 Å². The Kier molecular flexibility index (Phi) is 6.45. The van der Waals surface area contributed by atoms with E-state index in [1.807, 2.05) is 0 Å². The average Bonchev–Trinajstić information content (AvgIpc) is 3.13. The van der Waals surface area contributed by atoms with Crippen molar-refractivity contribution in [2.75, 3.05) is 14.2 Å². The van der Waals surface area contributed by atoms with E-state index in [0.717, 1.165) is 0 Å². The summed E-state index contributed by atoms with van der Waals surface area (Å²) in [6, 6.07) is 12.6. The van der Waals surface area contributed by atoms with E-state index in [-0.39, 0.29) is 23.4 Å². The zero-order valence-electron chi connectivity index (χ0n) is 18.9. The lowest BCUT2D eigenvalue weighted by molar-refractivity contribution is -0.384. The summed E-state index contributed by atoms with van der Waals surface area (Å²) in [5.41, 5.74) is 0.782. The molecule has 1 aliphatic rings. The molecule has 178 valence electrons. The molecule has 1 N–H and O–H groups in total. The minimum Gasteiger partial charge on any atom is -0.507 e. The highest BCUT2D eigenvalue weighted by Crippen LogP contribution is 2.42. The Balaban J connectivity index is 1.90. The Morgan fingerprint density at radius 1 is 1.09 bits per heavy atom.